The van der Waals surface area contributed by atoms with Gasteiger partial charge in [-0.05, 0) is 0 Å². The van der Waals surface area contributed by atoms with Gasteiger partial charge in [0.2, 0.25) is 0 Å². The number of hydrogen-bond donors (Lipinski definition) is 4. The fourth-order valence-electron chi connectivity index (χ4n) is 0.294. The monoisotopic (exact) mass is 186 g/mol. The van der Waals surface area contributed by atoms with Gasteiger partial charge in [-0.1, -0.05) is 0 Å². The SMILES string of the molecule is O=CC(O)(CO)OP(=O)(O)O. The lowest BCUT2D eigenvalue weighted by Gasteiger charge is -2.18. The molecule has 1 atom stereocenters. The Balaban J connectivity index is 4.32. The van der Waals surface area contributed by atoms with Gasteiger partial charge in [-0.25, -0.2) is 9.09 Å². The van der Waals surface area contributed by atoms with E-state index in [4.69, 9.17) is 20.0 Å². The van der Waals surface area contributed by atoms with Crippen LogP contribution in [0, 0.1) is 0 Å². The van der Waals surface area contributed by atoms with E-state index in [1.54, 1.807) is 0 Å². The van der Waals surface area contributed by atoms with E-state index in [0.717, 1.165) is 0 Å². The van der Waals surface area contributed by atoms with Crippen LogP contribution in [0.15, 0.2) is 0 Å². The average Bonchev–Trinajstić information content (AvgIpc) is 1.84. The third-order valence-electron chi connectivity index (χ3n) is 0.688. The molecular weight excluding hydrogens is 179 g/mol. The second-order valence-corrected chi connectivity index (χ2v) is 2.87. The van der Waals surface area contributed by atoms with E-state index in [9.17, 15) is 9.36 Å². The van der Waals surface area contributed by atoms with Crippen molar-refractivity contribution < 1.29 is 33.9 Å². The lowest BCUT2D eigenvalue weighted by atomic mass is 10.3. The van der Waals surface area contributed by atoms with Gasteiger partial charge in [-0.15, -0.1) is 0 Å². The van der Waals surface area contributed by atoms with Crippen molar-refractivity contribution in [1.82, 2.24) is 0 Å². The highest BCUT2D eigenvalue weighted by molar-refractivity contribution is 7.46. The molecule has 0 fully saturated rings. The van der Waals surface area contributed by atoms with Crippen molar-refractivity contribution in [3.63, 3.8) is 0 Å². The molecule has 11 heavy (non-hydrogen) atoms. The van der Waals surface area contributed by atoms with Gasteiger partial charge in [0.25, 0.3) is 5.79 Å². The Hall–Kier alpha value is -0.300. The molecule has 0 saturated carbocycles. The number of phosphoric acid groups is 1. The molecule has 0 radical (unpaired) electrons. The molecule has 0 aromatic carbocycles. The summed E-state index contributed by atoms with van der Waals surface area (Å²) in [7, 11) is -4.96. The number of aldehydes is 1. The van der Waals surface area contributed by atoms with Gasteiger partial charge < -0.3 is 20.0 Å². The van der Waals surface area contributed by atoms with Gasteiger partial charge in [-0.2, -0.15) is 0 Å². The molecule has 0 aromatic heterocycles. The number of hydrogen-bond acceptors (Lipinski definition) is 5. The molecule has 7 nitrogen and oxygen atoms in total. The molecule has 0 heterocycles. The van der Waals surface area contributed by atoms with Crippen LogP contribution in [-0.4, -0.2) is 38.7 Å². The van der Waals surface area contributed by atoms with E-state index in [-0.39, 0.29) is 6.29 Å². The van der Waals surface area contributed by atoms with Crippen LogP contribution in [-0.2, 0) is 13.9 Å². The first-order chi connectivity index (χ1) is 4.83. The fourth-order valence-corrected chi connectivity index (χ4v) is 0.806. The quantitative estimate of drug-likeness (QED) is 0.227. The zero-order valence-corrected chi connectivity index (χ0v) is 6.14. The van der Waals surface area contributed by atoms with Crippen LogP contribution < -0.4 is 0 Å². The number of phosphoric ester groups is 1. The minimum Gasteiger partial charge on any atom is -0.390 e. The van der Waals surface area contributed by atoms with Crippen LogP contribution in [0.2, 0.25) is 0 Å². The summed E-state index contributed by atoms with van der Waals surface area (Å²) in [5, 5.41) is 16.8. The van der Waals surface area contributed by atoms with E-state index in [2.05, 4.69) is 4.52 Å². The topological polar surface area (TPSA) is 124 Å². The van der Waals surface area contributed by atoms with Crippen LogP contribution >= 0.6 is 7.82 Å². The Morgan fingerprint density at radius 1 is 1.55 bits per heavy atom. The van der Waals surface area contributed by atoms with Crippen molar-refractivity contribution in [2.75, 3.05) is 6.61 Å². The van der Waals surface area contributed by atoms with Gasteiger partial charge in [0.1, 0.15) is 6.61 Å². The summed E-state index contributed by atoms with van der Waals surface area (Å²) >= 11 is 0. The van der Waals surface area contributed by atoms with Crippen LogP contribution in [0.1, 0.15) is 0 Å². The summed E-state index contributed by atoms with van der Waals surface area (Å²) in [4.78, 5) is 26.0. The van der Waals surface area contributed by atoms with Gasteiger partial charge in [0, 0.05) is 0 Å². The summed E-state index contributed by atoms with van der Waals surface area (Å²) in [5.41, 5.74) is 0. The number of carbonyl (C=O) groups excluding carboxylic acids is 1. The lowest BCUT2D eigenvalue weighted by Crippen LogP contribution is -2.37. The van der Waals surface area contributed by atoms with Crippen molar-refractivity contribution in [2.24, 2.45) is 0 Å². The lowest BCUT2D eigenvalue weighted by molar-refractivity contribution is -0.176. The van der Waals surface area contributed by atoms with Crippen molar-refractivity contribution in [3.05, 3.63) is 0 Å². The van der Waals surface area contributed by atoms with Gasteiger partial charge in [0.05, 0.1) is 0 Å². The zero-order chi connectivity index (χ0) is 9.12. The first kappa shape index (κ1) is 10.7. The van der Waals surface area contributed by atoms with Crippen LogP contribution in [0.5, 0.6) is 0 Å². The van der Waals surface area contributed by atoms with Crippen LogP contribution in [0.25, 0.3) is 0 Å². The second kappa shape index (κ2) is 3.40. The normalized spacial score (nSPS) is 17.5. The average molecular weight is 186 g/mol. The van der Waals surface area contributed by atoms with Gasteiger partial charge in [-0.3, -0.25) is 4.79 Å². The van der Waals surface area contributed by atoms with E-state index in [1.807, 2.05) is 0 Å². The third-order valence-corrected chi connectivity index (χ3v) is 1.24. The molecule has 0 saturated heterocycles. The van der Waals surface area contributed by atoms with Gasteiger partial charge >= 0.3 is 7.82 Å². The molecule has 4 N–H and O–H groups in total. The van der Waals surface area contributed by atoms with Crippen molar-refractivity contribution in [1.29, 1.82) is 0 Å². The highest BCUT2D eigenvalue weighted by Gasteiger charge is 2.35. The predicted octanol–water partition coefficient (Wildman–Crippen LogP) is -2.02. The fraction of sp³-hybridized carbons (Fsp3) is 0.667. The van der Waals surface area contributed by atoms with E-state index in [0.29, 0.717) is 0 Å². The van der Waals surface area contributed by atoms with Crippen LogP contribution in [0.3, 0.4) is 0 Å². The maximum absolute atomic E-state index is 10.0. The number of aliphatic hydroxyl groups is 2. The number of rotatable bonds is 4. The Morgan fingerprint density at radius 2 is 2.00 bits per heavy atom. The Kier molecular flexibility index (Phi) is 3.30. The van der Waals surface area contributed by atoms with E-state index < -0.39 is 20.2 Å². The maximum Gasteiger partial charge on any atom is 0.472 e. The molecule has 66 valence electrons. The first-order valence-electron chi connectivity index (χ1n) is 2.39. The Labute approximate surface area is 61.5 Å². The highest BCUT2D eigenvalue weighted by Crippen LogP contribution is 2.39. The summed E-state index contributed by atoms with van der Waals surface area (Å²) in [6.07, 6.45) is -0.313. The molecule has 0 rings (SSSR count). The minimum atomic E-state index is -4.96. The molecular formula is C3H7O7P. The van der Waals surface area contributed by atoms with Crippen molar-refractivity contribution in [3.8, 4) is 0 Å². The zero-order valence-electron chi connectivity index (χ0n) is 5.25. The Bertz CT molecular complexity index is 184. The van der Waals surface area contributed by atoms with Gasteiger partial charge in [0.15, 0.2) is 6.29 Å². The minimum absolute atomic E-state index is 0.313. The molecule has 0 aliphatic carbocycles. The molecule has 0 aliphatic heterocycles. The highest BCUT2D eigenvalue weighted by atomic mass is 31.2. The van der Waals surface area contributed by atoms with E-state index in [1.165, 1.54) is 0 Å². The molecule has 0 amide bonds. The number of aliphatic hydroxyl groups excluding tert-OH is 1. The molecule has 8 heteroatoms. The number of carbonyl (C=O) groups is 1. The van der Waals surface area contributed by atoms with E-state index >= 15 is 0 Å². The molecule has 0 spiro atoms. The van der Waals surface area contributed by atoms with Crippen LogP contribution in [0.4, 0.5) is 0 Å². The molecule has 0 aliphatic rings. The predicted molar refractivity (Wildman–Crippen MR) is 31.2 cm³/mol. The standard InChI is InChI=1S/C3H7O7P/c4-1-3(6,2-5)10-11(7,8)9/h1,5-6H,2H2,(H2,7,8,9). The largest absolute Gasteiger partial charge is 0.472 e. The maximum atomic E-state index is 10.0. The third kappa shape index (κ3) is 4.20. The van der Waals surface area contributed by atoms with Crippen molar-refractivity contribution in [2.45, 2.75) is 5.79 Å². The second-order valence-electron chi connectivity index (χ2n) is 1.70. The smallest absolute Gasteiger partial charge is 0.390 e. The van der Waals surface area contributed by atoms with Crippen molar-refractivity contribution >= 4 is 14.1 Å². The summed E-state index contributed by atoms with van der Waals surface area (Å²) in [6, 6.07) is 0. The molecule has 0 bridgehead atoms. The molecule has 1 unspecified atom stereocenters. The Morgan fingerprint density at radius 3 is 2.09 bits per heavy atom. The summed E-state index contributed by atoms with van der Waals surface area (Å²) in [6.45, 7) is -1.22. The molecule has 0 aromatic rings. The first-order valence-corrected chi connectivity index (χ1v) is 3.92. The summed E-state index contributed by atoms with van der Waals surface area (Å²) in [5.74, 6) is -2.82. The summed E-state index contributed by atoms with van der Waals surface area (Å²) < 4.78 is 13.5.